The lowest BCUT2D eigenvalue weighted by molar-refractivity contribution is -0.120. The normalized spacial score (nSPS) is 21.9. The highest BCUT2D eigenvalue weighted by atomic mass is 79.9. The van der Waals surface area contributed by atoms with Gasteiger partial charge in [0.1, 0.15) is 0 Å². The number of fused-ring (bicyclic) bond motifs is 2. The quantitative estimate of drug-likeness (QED) is 0.511. The number of likely N-dealkylation sites (N-methyl/N-ethyl adjacent to an activating group) is 1. The minimum Gasteiger partial charge on any atom is -0.314 e. The van der Waals surface area contributed by atoms with Crippen molar-refractivity contribution in [1.82, 2.24) is 0 Å². The molecule has 2 aliphatic rings. The van der Waals surface area contributed by atoms with Gasteiger partial charge in [0.15, 0.2) is 0 Å². The predicted octanol–water partition coefficient (Wildman–Crippen LogP) is 5.67. The lowest BCUT2D eigenvalue weighted by Crippen LogP contribution is -2.34. The third kappa shape index (κ3) is 2.11. The molecule has 0 saturated heterocycles. The zero-order valence-corrected chi connectivity index (χ0v) is 17.9. The zero-order valence-electron chi connectivity index (χ0n) is 16.3. The molecular weight excluding hydrogens is 410 g/mol. The van der Waals surface area contributed by atoms with Crippen LogP contribution in [0.3, 0.4) is 0 Å². The summed E-state index contributed by atoms with van der Waals surface area (Å²) in [6.45, 7) is 4.21. The minimum atomic E-state index is -0.536. The van der Waals surface area contributed by atoms with Gasteiger partial charge in [0.25, 0.3) is 0 Å². The molecule has 0 N–H and O–H groups in total. The lowest BCUT2D eigenvalue weighted by Gasteiger charge is -2.24. The van der Waals surface area contributed by atoms with Crippen LogP contribution in [-0.2, 0) is 15.6 Å². The first-order valence-corrected chi connectivity index (χ1v) is 10.4. The number of anilines is 1. The molecule has 5 rings (SSSR count). The van der Waals surface area contributed by atoms with E-state index in [2.05, 4.69) is 90.4 Å². The van der Waals surface area contributed by atoms with E-state index >= 15 is 0 Å². The molecule has 1 spiro atoms. The monoisotopic (exact) mass is 431 g/mol. The maximum Gasteiger partial charge on any atom is 0.238 e. The van der Waals surface area contributed by atoms with E-state index in [1.165, 1.54) is 22.3 Å². The van der Waals surface area contributed by atoms with Gasteiger partial charge < -0.3 is 4.90 Å². The maximum absolute atomic E-state index is 13.7. The molecule has 28 heavy (non-hydrogen) atoms. The Labute approximate surface area is 174 Å². The highest BCUT2D eigenvalue weighted by Crippen LogP contribution is 2.73. The van der Waals surface area contributed by atoms with Crippen LogP contribution in [0, 0.1) is 13.8 Å². The second kappa shape index (κ2) is 5.81. The second-order valence-electron chi connectivity index (χ2n) is 8.25. The number of carbonyl (C=O) groups excluding carboxylic acids is 1. The molecule has 3 heteroatoms. The number of hydrogen-bond donors (Lipinski definition) is 0. The molecule has 0 aromatic heterocycles. The summed E-state index contributed by atoms with van der Waals surface area (Å²) in [4.78, 5) is 15.5. The van der Waals surface area contributed by atoms with Gasteiger partial charge in [-0.05, 0) is 55.2 Å². The van der Waals surface area contributed by atoms with Crippen LogP contribution in [0.2, 0.25) is 0 Å². The number of rotatable bonds is 2. The molecule has 0 radical (unpaired) electrons. The molecule has 3 aromatic rings. The number of hydrogen-bond acceptors (Lipinski definition) is 1. The first kappa shape index (κ1) is 17.7. The average molecular weight is 432 g/mol. The SMILES string of the molecule is Cc1ccc(C2(c3ccc(C)cc3)CC23C(=O)N(C)c2ccc(Br)cc23)cc1. The van der Waals surface area contributed by atoms with Crippen molar-refractivity contribution in [2.24, 2.45) is 0 Å². The summed E-state index contributed by atoms with van der Waals surface area (Å²) in [5.74, 6) is 0.196. The Morgan fingerprint density at radius 1 is 0.821 bits per heavy atom. The number of amides is 1. The first-order valence-electron chi connectivity index (χ1n) is 9.63. The molecule has 0 bridgehead atoms. The third-order valence-corrected chi connectivity index (χ3v) is 7.17. The molecule has 2 nitrogen and oxygen atoms in total. The molecule has 1 saturated carbocycles. The fraction of sp³-hybridized carbons (Fsp3) is 0.240. The molecule has 1 amide bonds. The van der Waals surface area contributed by atoms with Crippen molar-refractivity contribution in [2.45, 2.75) is 31.1 Å². The van der Waals surface area contributed by atoms with Gasteiger partial charge in [0, 0.05) is 22.6 Å². The minimum absolute atomic E-state index is 0.196. The van der Waals surface area contributed by atoms with Crippen LogP contribution in [0.4, 0.5) is 5.69 Å². The molecule has 1 fully saturated rings. The second-order valence-corrected chi connectivity index (χ2v) is 9.16. The summed E-state index contributed by atoms with van der Waals surface area (Å²) in [6.07, 6.45) is 0.804. The Morgan fingerprint density at radius 3 is 1.89 bits per heavy atom. The fourth-order valence-electron chi connectivity index (χ4n) is 5.13. The molecule has 1 aliphatic heterocycles. The smallest absolute Gasteiger partial charge is 0.238 e. The van der Waals surface area contributed by atoms with Gasteiger partial charge in [-0.3, -0.25) is 4.79 Å². The predicted molar refractivity (Wildman–Crippen MR) is 117 cm³/mol. The number of halogens is 1. The Kier molecular flexibility index (Phi) is 3.67. The van der Waals surface area contributed by atoms with Crippen molar-refractivity contribution < 1.29 is 4.79 Å². The largest absolute Gasteiger partial charge is 0.314 e. The standard InChI is InChI=1S/C25H22BrNO/c1-16-4-8-18(9-5-16)24(19-10-6-17(2)7-11-19)15-25(24)21-14-20(26)12-13-22(21)27(3)23(25)28/h4-14H,15H2,1-3H3. The van der Waals surface area contributed by atoms with Gasteiger partial charge in [-0.2, -0.15) is 0 Å². The van der Waals surface area contributed by atoms with Crippen molar-refractivity contribution >= 4 is 27.5 Å². The van der Waals surface area contributed by atoms with E-state index in [4.69, 9.17) is 0 Å². The number of benzene rings is 3. The van der Waals surface area contributed by atoms with Crippen LogP contribution >= 0.6 is 15.9 Å². The van der Waals surface area contributed by atoms with Crippen molar-refractivity contribution in [3.8, 4) is 0 Å². The third-order valence-electron chi connectivity index (χ3n) is 6.67. The lowest BCUT2D eigenvalue weighted by atomic mass is 9.77. The molecule has 1 atom stereocenters. The molecule has 1 unspecified atom stereocenters. The molecule has 1 aliphatic carbocycles. The topological polar surface area (TPSA) is 20.3 Å². The van der Waals surface area contributed by atoms with E-state index in [0.717, 1.165) is 22.1 Å². The number of nitrogens with zero attached hydrogens (tertiary/aromatic N) is 1. The van der Waals surface area contributed by atoms with Gasteiger partial charge in [0.2, 0.25) is 5.91 Å². The Bertz CT molecular complexity index is 1050. The van der Waals surface area contributed by atoms with Gasteiger partial charge in [-0.15, -0.1) is 0 Å². The highest BCUT2D eigenvalue weighted by molar-refractivity contribution is 9.10. The summed E-state index contributed by atoms with van der Waals surface area (Å²) < 4.78 is 1.02. The van der Waals surface area contributed by atoms with E-state index in [-0.39, 0.29) is 11.3 Å². The summed E-state index contributed by atoms with van der Waals surface area (Å²) in [7, 11) is 1.90. The summed E-state index contributed by atoms with van der Waals surface area (Å²) in [5.41, 5.74) is 6.20. The molecule has 3 aromatic carbocycles. The van der Waals surface area contributed by atoms with E-state index < -0.39 is 5.41 Å². The van der Waals surface area contributed by atoms with Gasteiger partial charge in [-0.1, -0.05) is 75.6 Å². The van der Waals surface area contributed by atoms with Crippen LogP contribution in [0.1, 0.15) is 34.2 Å². The molecule has 1 heterocycles. The summed E-state index contributed by atoms with van der Waals surface area (Å²) >= 11 is 3.62. The van der Waals surface area contributed by atoms with Gasteiger partial charge in [-0.25, -0.2) is 0 Å². The fourth-order valence-corrected chi connectivity index (χ4v) is 5.49. The van der Waals surface area contributed by atoms with Crippen molar-refractivity contribution in [3.05, 3.63) is 99.0 Å². The summed E-state index contributed by atoms with van der Waals surface area (Å²) in [5, 5.41) is 0. The van der Waals surface area contributed by atoms with E-state index in [1.54, 1.807) is 0 Å². The van der Waals surface area contributed by atoms with Crippen LogP contribution in [0.25, 0.3) is 0 Å². The number of aryl methyl sites for hydroxylation is 2. The van der Waals surface area contributed by atoms with Crippen LogP contribution in [-0.4, -0.2) is 13.0 Å². The van der Waals surface area contributed by atoms with Crippen molar-refractivity contribution in [3.63, 3.8) is 0 Å². The van der Waals surface area contributed by atoms with Crippen molar-refractivity contribution in [2.75, 3.05) is 11.9 Å². The van der Waals surface area contributed by atoms with Crippen LogP contribution in [0.5, 0.6) is 0 Å². The first-order chi connectivity index (χ1) is 13.4. The van der Waals surface area contributed by atoms with E-state index in [0.29, 0.717) is 0 Å². The van der Waals surface area contributed by atoms with Crippen LogP contribution in [0.15, 0.2) is 71.2 Å². The van der Waals surface area contributed by atoms with E-state index in [9.17, 15) is 4.79 Å². The van der Waals surface area contributed by atoms with Crippen LogP contribution < -0.4 is 4.90 Å². The maximum atomic E-state index is 13.7. The Hall–Kier alpha value is -2.39. The van der Waals surface area contributed by atoms with E-state index in [1.807, 2.05) is 18.0 Å². The van der Waals surface area contributed by atoms with Gasteiger partial charge >= 0.3 is 0 Å². The Morgan fingerprint density at radius 2 is 1.36 bits per heavy atom. The number of carbonyl (C=O) groups is 1. The summed E-state index contributed by atoms with van der Waals surface area (Å²) in [6, 6.07) is 23.6. The van der Waals surface area contributed by atoms with Gasteiger partial charge in [0.05, 0.1) is 5.41 Å². The molecule has 140 valence electrons. The van der Waals surface area contributed by atoms with Crippen molar-refractivity contribution in [1.29, 1.82) is 0 Å². The highest BCUT2D eigenvalue weighted by Gasteiger charge is 2.77. The molecular formula is C25H22BrNO. The average Bonchev–Trinajstić information content (AvgIpc) is 3.35. The zero-order chi connectivity index (χ0) is 19.7. The Balaban J connectivity index is 1.80.